The minimum absolute atomic E-state index is 0.155. The van der Waals surface area contributed by atoms with Crippen LogP contribution in [0.15, 0.2) is 66.7 Å². The van der Waals surface area contributed by atoms with Crippen LogP contribution in [0.25, 0.3) is 21.9 Å². The predicted molar refractivity (Wildman–Crippen MR) is 120 cm³/mol. The molecular formula is C25H28N2O3. The molecule has 0 fully saturated rings. The standard InChI is InChI=1S/C25H28N2O3/c1-25(2,3)30-24(29)27-16-22(23(28)26-4)19-14-12-18(13-15-19)21-11-7-9-17-8-5-6-10-20(17)21/h5-15,22H,16H2,1-4H3,(H,26,28)(H,27,29). The van der Waals surface area contributed by atoms with E-state index in [1.54, 1.807) is 27.8 Å². The highest BCUT2D eigenvalue weighted by molar-refractivity contribution is 5.96. The van der Waals surface area contributed by atoms with E-state index < -0.39 is 17.6 Å². The Balaban J connectivity index is 1.82. The topological polar surface area (TPSA) is 67.4 Å². The second kappa shape index (κ2) is 8.99. The van der Waals surface area contributed by atoms with Crippen LogP contribution in [0.2, 0.25) is 0 Å². The van der Waals surface area contributed by atoms with Crippen LogP contribution in [0.5, 0.6) is 0 Å². The normalized spacial score (nSPS) is 12.3. The zero-order valence-electron chi connectivity index (χ0n) is 17.9. The molecule has 0 saturated carbocycles. The van der Waals surface area contributed by atoms with E-state index in [0.717, 1.165) is 16.7 Å². The van der Waals surface area contributed by atoms with Crippen molar-refractivity contribution in [3.63, 3.8) is 0 Å². The van der Waals surface area contributed by atoms with Gasteiger partial charge in [0, 0.05) is 13.6 Å². The Morgan fingerprint density at radius 3 is 2.27 bits per heavy atom. The Morgan fingerprint density at radius 2 is 1.60 bits per heavy atom. The van der Waals surface area contributed by atoms with E-state index in [-0.39, 0.29) is 12.5 Å². The van der Waals surface area contributed by atoms with Crippen molar-refractivity contribution >= 4 is 22.8 Å². The summed E-state index contributed by atoms with van der Waals surface area (Å²) in [5, 5.41) is 7.74. The highest BCUT2D eigenvalue weighted by Crippen LogP contribution is 2.29. The molecule has 0 bridgehead atoms. The first-order valence-electron chi connectivity index (χ1n) is 10.0. The first kappa shape index (κ1) is 21.4. The van der Waals surface area contributed by atoms with Gasteiger partial charge in [0.2, 0.25) is 5.91 Å². The van der Waals surface area contributed by atoms with Gasteiger partial charge in [-0.1, -0.05) is 66.7 Å². The Hall–Kier alpha value is -3.34. The van der Waals surface area contributed by atoms with E-state index in [1.807, 2.05) is 42.5 Å². The summed E-state index contributed by atoms with van der Waals surface area (Å²) in [7, 11) is 1.59. The molecule has 3 rings (SSSR count). The molecule has 0 radical (unpaired) electrons. The summed E-state index contributed by atoms with van der Waals surface area (Å²) in [5.41, 5.74) is 2.45. The van der Waals surface area contributed by atoms with Crippen molar-refractivity contribution < 1.29 is 14.3 Å². The van der Waals surface area contributed by atoms with E-state index in [9.17, 15) is 9.59 Å². The van der Waals surface area contributed by atoms with Gasteiger partial charge >= 0.3 is 6.09 Å². The lowest BCUT2D eigenvalue weighted by Crippen LogP contribution is -2.38. The maximum absolute atomic E-state index is 12.4. The van der Waals surface area contributed by atoms with Crippen molar-refractivity contribution in [3.8, 4) is 11.1 Å². The smallest absolute Gasteiger partial charge is 0.407 e. The Morgan fingerprint density at radius 1 is 0.933 bits per heavy atom. The number of carbonyl (C=O) groups is 2. The minimum atomic E-state index is -0.591. The summed E-state index contributed by atoms with van der Waals surface area (Å²) in [4.78, 5) is 24.4. The fourth-order valence-corrected chi connectivity index (χ4v) is 3.41. The Labute approximate surface area is 177 Å². The first-order chi connectivity index (χ1) is 14.3. The maximum Gasteiger partial charge on any atom is 0.407 e. The number of fused-ring (bicyclic) bond motifs is 1. The van der Waals surface area contributed by atoms with E-state index in [1.165, 1.54) is 10.8 Å². The fraction of sp³-hybridized carbons (Fsp3) is 0.280. The summed E-state index contributed by atoms with van der Waals surface area (Å²) >= 11 is 0. The summed E-state index contributed by atoms with van der Waals surface area (Å²) in [6.45, 7) is 5.56. The molecule has 30 heavy (non-hydrogen) atoms. The molecule has 5 nitrogen and oxygen atoms in total. The van der Waals surface area contributed by atoms with Crippen molar-refractivity contribution in [3.05, 3.63) is 72.3 Å². The number of nitrogens with one attached hydrogen (secondary N) is 2. The zero-order chi connectivity index (χ0) is 21.7. The fourth-order valence-electron chi connectivity index (χ4n) is 3.41. The van der Waals surface area contributed by atoms with Crippen LogP contribution < -0.4 is 10.6 Å². The summed E-state index contributed by atoms with van der Waals surface area (Å²) < 4.78 is 5.27. The number of hydrogen-bond acceptors (Lipinski definition) is 3. The van der Waals surface area contributed by atoms with Gasteiger partial charge in [0.05, 0.1) is 5.92 Å². The van der Waals surface area contributed by atoms with Crippen molar-refractivity contribution in [1.82, 2.24) is 10.6 Å². The summed E-state index contributed by atoms with van der Waals surface area (Å²) in [5.74, 6) is -0.673. The van der Waals surface area contributed by atoms with Crippen molar-refractivity contribution in [1.29, 1.82) is 0 Å². The number of carbonyl (C=O) groups excluding carboxylic acids is 2. The highest BCUT2D eigenvalue weighted by atomic mass is 16.6. The second-order valence-corrected chi connectivity index (χ2v) is 8.20. The third-order valence-electron chi connectivity index (χ3n) is 4.83. The number of amides is 2. The highest BCUT2D eigenvalue weighted by Gasteiger charge is 2.22. The molecule has 0 aliphatic rings. The molecular weight excluding hydrogens is 376 g/mol. The van der Waals surface area contributed by atoms with Crippen LogP contribution in [-0.4, -0.2) is 31.2 Å². The monoisotopic (exact) mass is 404 g/mol. The van der Waals surface area contributed by atoms with Gasteiger partial charge < -0.3 is 15.4 Å². The molecule has 1 unspecified atom stereocenters. The molecule has 0 saturated heterocycles. The average molecular weight is 405 g/mol. The lowest BCUT2D eigenvalue weighted by atomic mass is 9.93. The van der Waals surface area contributed by atoms with Crippen molar-refractivity contribution in [2.75, 3.05) is 13.6 Å². The number of alkyl carbamates (subject to hydrolysis) is 1. The first-order valence-corrected chi connectivity index (χ1v) is 10.0. The molecule has 3 aromatic carbocycles. The summed E-state index contributed by atoms with van der Waals surface area (Å²) in [6, 6.07) is 22.4. The molecule has 3 aromatic rings. The van der Waals surface area contributed by atoms with Gasteiger partial charge in [-0.25, -0.2) is 4.79 Å². The number of hydrogen-bond donors (Lipinski definition) is 2. The molecule has 2 N–H and O–H groups in total. The molecule has 0 aliphatic heterocycles. The van der Waals surface area contributed by atoms with Gasteiger partial charge in [0.15, 0.2) is 0 Å². The Bertz CT molecular complexity index is 1030. The van der Waals surface area contributed by atoms with Crippen LogP contribution >= 0.6 is 0 Å². The summed E-state index contributed by atoms with van der Waals surface area (Å²) in [6.07, 6.45) is -0.538. The van der Waals surface area contributed by atoms with Gasteiger partial charge in [-0.3, -0.25) is 4.79 Å². The molecule has 0 spiro atoms. The van der Waals surface area contributed by atoms with Crippen molar-refractivity contribution in [2.24, 2.45) is 0 Å². The lowest BCUT2D eigenvalue weighted by molar-refractivity contribution is -0.121. The number of rotatable bonds is 5. The molecule has 156 valence electrons. The van der Waals surface area contributed by atoms with Gasteiger partial charge in [-0.15, -0.1) is 0 Å². The van der Waals surface area contributed by atoms with Gasteiger partial charge in [0.1, 0.15) is 5.60 Å². The van der Waals surface area contributed by atoms with Gasteiger partial charge in [-0.05, 0) is 48.2 Å². The zero-order valence-corrected chi connectivity index (χ0v) is 17.9. The number of benzene rings is 3. The van der Waals surface area contributed by atoms with E-state index in [2.05, 4.69) is 34.9 Å². The van der Waals surface area contributed by atoms with E-state index >= 15 is 0 Å². The second-order valence-electron chi connectivity index (χ2n) is 8.20. The van der Waals surface area contributed by atoms with Crippen LogP contribution in [0.1, 0.15) is 32.3 Å². The predicted octanol–water partition coefficient (Wildman–Crippen LogP) is 4.86. The van der Waals surface area contributed by atoms with Crippen LogP contribution in [0.3, 0.4) is 0 Å². The van der Waals surface area contributed by atoms with Gasteiger partial charge in [0.25, 0.3) is 0 Å². The van der Waals surface area contributed by atoms with Crippen LogP contribution in [0.4, 0.5) is 4.79 Å². The molecule has 5 heteroatoms. The largest absolute Gasteiger partial charge is 0.444 e. The molecule has 1 atom stereocenters. The number of likely N-dealkylation sites (N-methyl/N-ethyl adjacent to an activating group) is 1. The SMILES string of the molecule is CNC(=O)C(CNC(=O)OC(C)(C)C)c1ccc(-c2cccc3ccccc23)cc1. The lowest BCUT2D eigenvalue weighted by Gasteiger charge is -2.22. The third-order valence-corrected chi connectivity index (χ3v) is 4.83. The molecule has 0 aromatic heterocycles. The third kappa shape index (κ3) is 5.17. The van der Waals surface area contributed by atoms with Crippen LogP contribution in [0, 0.1) is 0 Å². The van der Waals surface area contributed by atoms with E-state index in [4.69, 9.17) is 4.74 Å². The van der Waals surface area contributed by atoms with Crippen LogP contribution in [-0.2, 0) is 9.53 Å². The Kier molecular flexibility index (Phi) is 6.40. The van der Waals surface area contributed by atoms with Gasteiger partial charge in [-0.2, -0.15) is 0 Å². The average Bonchev–Trinajstić information content (AvgIpc) is 2.72. The van der Waals surface area contributed by atoms with E-state index in [0.29, 0.717) is 0 Å². The number of ether oxygens (including phenoxy) is 1. The maximum atomic E-state index is 12.4. The minimum Gasteiger partial charge on any atom is -0.444 e. The molecule has 0 aliphatic carbocycles. The quantitative estimate of drug-likeness (QED) is 0.638. The molecule has 0 heterocycles. The van der Waals surface area contributed by atoms with Crippen molar-refractivity contribution in [2.45, 2.75) is 32.3 Å². The molecule has 2 amide bonds.